The standard InChI is InChI=1S/C19H30N2O/c1-4-5-7-13-21-14-8-6-12-17(21)19(22)20-18-15(2)10-9-11-16(18)3/h9-11,17H,4-8,12-14H2,1-3H3,(H,20,22)/t17-/m1/s1. The summed E-state index contributed by atoms with van der Waals surface area (Å²) in [5.41, 5.74) is 3.27. The van der Waals surface area contributed by atoms with Crippen molar-refractivity contribution in [1.82, 2.24) is 4.90 Å². The molecule has 1 heterocycles. The van der Waals surface area contributed by atoms with Crippen LogP contribution in [0.25, 0.3) is 0 Å². The summed E-state index contributed by atoms with van der Waals surface area (Å²) in [4.78, 5) is 15.2. The third-order valence-electron chi connectivity index (χ3n) is 4.69. The second kappa shape index (κ2) is 8.33. The molecule has 1 aromatic rings. The Kier molecular flexibility index (Phi) is 6.44. The molecule has 0 unspecified atom stereocenters. The molecular formula is C19H30N2O. The van der Waals surface area contributed by atoms with E-state index in [2.05, 4.69) is 43.1 Å². The van der Waals surface area contributed by atoms with Crippen LogP contribution in [-0.4, -0.2) is 29.9 Å². The van der Waals surface area contributed by atoms with Gasteiger partial charge in [-0.3, -0.25) is 9.69 Å². The molecule has 1 aliphatic rings. The lowest BCUT2D eigenvalue weighted by Gasteiger charge is -2.34. The average Bonchev–Trinajstić information content (AvgIpc) is 2.51. The first kappa shape index (κ1) is 17.0. The zero-order valence-electron chi connectivity index (χ0n) is 14.3. The van der Waals surface area contributed by atoms with Crippen LogP contribution in [0, 0.1) is 13.8 Å². The lowest BCUT2D eigenvalue weighted by molar-refractivity contribution is -0.122. The highest BCUT2D eigenvalue weighted by Crippen LogP contribution is 2.23. The van der Waals surface area contributed by atoms with Gasteiger partial charge in [-0.15, -0.1) is 0 Å². The summed E-state index contributed by atoms with van der Waals surface area (Å²) in [6, 6.07) is 6.20. The Morgan fingerprint density at radius 1 is 1.23 bits per heavy atom. The molecule has 1 amide bonds. The number of likely N-dealkylation sites (tertiary alicyclic amines) is 1. The molecule has 3 nitrogen and oxygen atoms in total. The van der Waals surface area contributed by atoms with Crippen molar-refractivity contribution in [2.24, 2.45) is 0 Å². The molecule has 22 heavy (non-hydrogen) atoms. The first-order valence-electron chi connectivity index (χ1n) is 8.74. The van der Waals surface area contributed by atoms with Crippen molar-refractivity contribution >= 4 is 11.6 Å². The molecule has 122 valence electrons. The van der Waals surface area contributed by atoms with Gasteiger partial charge in [0.15, 0.2) is 0 Å². The smallest absolute Gasteiger partial charge is 0.241 e. The van der Waals surface area contributed by atoms with Gasteiger partial charge in [0.1, 0.15) is 0 Å². The molecule has 1 N–H and O–H groups in total. The zero-order chi connectivity index (χ0) is 15.9. The molecule has 3 heteroatoms. The van der Waals surface area contributed by atoms with E-state index in [9.17, 15) is 4.79 Å². The quantitative estimate of drug-likeness (QED) is 0.795. The molecule has 1 fully saturated rings. The van der Waals surface area contributed by atoms with E-state index >= 15 is 0 Å². The summed E-state index contributed by atoms with van der Waals surface area (Å²) >= 11 is 0. The van der Waals surface area contributed by atoms with E-state index in [-0.39, 0.29) is 11.9 Å². The normalized spacial score (nSPS) is 19.1. The first-order valence-corrected chi connectivity index (χ1v) is 8.74. The van der Waals surface area contributed by atoms with Gasteiger partial charge in [-0.2, -0.15) is 0 Å². The van der Waals surface area contributed by atoms with Crippen molar-refractivity contribution in [2.45, 2.75) is 65.3 Å². The minimum atomic E-state index is 0.0459. The maximum atomic E-state index is 12.8. The maximum absolute atomic E-state index is 12.8. The Morgan fingerprint density at radius 2 is 1.95 bits per heavy atom. The molecule has 0 radical (unpaired) electrons. The van der Waals surface area contributed by atoms with Gasteiger partial charge in [-0.1, -0.05) is 44.4 Å². The van der Waals surface area contributed by atoms with Crippen LogP contribution in [0.4, 0.5) is 5.69 Å². The number of amides is 1. The number of hydrogen-bond donors (Lipinski definition) is 1. The highest BCUT2D eigenvalue weighted by molar-refractivity contribution is 5.96. The summed E-state index contributed by atoms with van der Waals surface area (Å²) in [5.74, 6) is 0.175. The predicted octanol–water partition coefficient (Wildman–Crippen LogP) is 4.29. The monoisotopic (exact) mass is 302 g/mol. The number of nitrogens with zero attached hydrogens (tertiary/aromatic N) is 1. The van der Waals surface area contributed by atoms with Gasteiger partial charge in [0.05, 0.1) is 6.04 Å². The number of nitrogens with one attached hydrogen (secondary N) is 1. The second-order valence-electron chi connectivity index (χ2n) is 6.51. The van der Waals surface area contributed by atoms with Crippen molar-refractivity contribution in [3.8, 4) is 0 Å². The predicted molar refractivity (Wildman–Crippen MR) is 93.3 cm³/mol. The Balaban J connectivity index is 2.02. The Morgan fingerprint density at radius 3 is 2.64 bits per heavy atom. The van der Waals surface area contributed by atoms with E-state index in [1.165, 1.54) is 25.7 Å². The van der Waals surface area contributed by atoms with Gasteiger partial charge in [0, 0.05) is 5.69 Å². The van der Waals surface area contributed by atoms with Crippen LogP contribution < -0.4 is 5.32 Å². The van der Waals surface area contributed by atoms with Gasteiger partial charge >= 0.3 is 0 Å². The number of hydrogen-bond acceptors (Lipinski definition) is 2. The van der Waals surface area contributed by atoms with Gasteiger partial charge in [-0.25, -0.2) is 0 Å². The Bertz CT molecular complexity index is 478. The number of aryl methyl sites for hydroxylation is 2. The Hall–Kier alpha value is -1.35. The molecule has 1 atom stereocenters. The molecular weight excluding hydrogens is 272 g/mol. The number of para-hydroxylation sites is 1. The third-order valence-corrected chi connectivity index (χ3v) is 4.69. The SMILES string of the molecule is CCCCCN1CCCC[C@@H]1C(=O)Nc1c(C)cccc1C. The van der Waals surface area contributed by atoms with Crippen molar-refractivity contribution in [2.75, 3.05) is 18.4 Å². The number of carbonyl (C=O) groups is 1. The molecule has 1 aromatic carbocycles. The van der Waals surface area contributed by atoms with E-state index in [0.29, 0.717) is 0 Å². The average molecular weight is 302 g/mol. The number of anilines is 1. The highest BCUT2D eigenvalue weighted by Gasteiger charge is 2.28. The maximum Gasteiger partial charge on any atom is 0.241 e. The van der Waals surface area contributed by atoms with Crippen LogP contribution in [0.3, 0.4) is 0 Å². The fraction of sp³-hybridized carbons (Fsp3) is 0.632. The summed E-state index contributed by atoms with van der Waals surface area (Å²) in [6.07, 6.45) is 7.05. The number of rotatable bonds is 6. The molecule has 0 aliphatic carbocycles. The number of piperidine rings is 1. The van der Waals surface area contributed by atoms with Crippen LogP contribution in [0.2, 0.25) is 0 Å². The number of unbranched alkanes of at least 4 members (excludes halogenated alkanes) is 2. The fourth-order valence-corrected chi connectivity index (χ4v) is 3.34. The Labute approximate surface area is 135 Å². The van der Waals surface area contributed by atoms with Crippen LogP contribution >= 0.6 is 0 Å². The van der Waals surface area contributed by atoms with Crippen LogP contribution in [0.5, 0.6) is 0 Å². The van der Waals surface area contributed by atoms with E-state index in [1.54, 1.807) is 0 Å². The van der Waals surface area contributed by atoms with Crippen molar-refractivity contribution in [1.29, 1.82) is 0 Å². The zero-order valence-corrected chi connectivity index (χ0v) is 14.3. The first-order chi connectivity index (χ1) is 10.6. The summed E-state index contributed by atoms with van der Waals surface area (Å²) in [7, 11) is 0. The highest BCUT2D eigenvalue weighted by atomic mass is 16.2. The van der Waals surface area contributed by atoms with Gasteiger partial charge in [-0.05, 0) is 57.3 Å². The third kappa shape index (κ3) is 4.33. The molecule has 1 saturated heterocycles. The van der Waals surface area contributed by atoms with E-state index in [1.807, 2.05) is 6.07 Å². The van der Waals surface area contributed by atoms with Gasteiger partial charge in [0.2, 0.25) is 5.91 Å². The van der Waals surface area contributed by atoms with Gasteiger partial charge < -0.3 is 5.32 Å². The fourth-order valence-electron chi connectivity index (χ4n) is 3.34. The lowest BCUT2D eigenvalue weighted by atomic mass is 10.00. The van der Waals surface area contributed by atoms with Crippen molar-refractivity contribution < 1.29 is 4.79 Å². The van der Waals surface area contributed by atoms with Crippen LogP contribution in [0.1, 0.15) is 56.6 Å². The summed E-state index contributed by atoms with van der Waals surface area (Å²) in [5, 5.41) is 3.19. The van der Waals surface area contributed by atoms with Gasteiger partial charge in [0.25, 0.3) is 0 Å². The minimum absolute atomic E-state index is 0.0459. The van der Waals surface area contributed by atoms with Crippen LogP contribution in [-0.2, 0) is 4.79 Å². The van der Waals surface area contributed by atoms with Crippen LogP contribution in [0.15, 0.2) is 18.2 Å². The van der Waals surface area contributed by atoms with Crippen molar-refractivity contribution in [3.63, 3.8) is 0 Å². The molecule has 0 bridgehead atoms. The van der Waals surface area contributed by atoms with E-state index in [0.717, 1.165) is 42.7 Å². The number of benzene rings is 1. The second-order valence-corrected chi connectivity index (χ2v) is 6.51. The molecule has 0 aromatic heterocycles. The molecule has 2 rings (SSSR count). The molecule has 1 aliphatic heterocycles. The minimum Gasteiger partial charge on any atom is -0.324 e. The van der Waals surface area contributed by atoms with Crippen molar-refractivity contribution in [3.05, 3.63) is 29.3 Å². The topological polar surface area (TPSA) is 32.3 Å². The lowest BCUT2D eigenvalue weighted by Crippen LogP contribution is -2.47. The largest absolute Gasteiger partial charge is 0.324 e. The molecule has 0 spiro atoms. The van der Waals surface area contributed by atoms with E-state index in [4.69, 9.17) is 0 Å². The molecule has 0 saturated carbocycles. The number of carbonyl (C=O) groups excluding carboxylic acids is 1. The summed E-state index contributed by atoms with van der Waals surface area (Å²) < 4.78 is 0. The summed E-state index contributed by atoms with van der Waals surface area (Å²) in [6.45, 7) is 8.46. The van der Waals surface area contributed by atoms with E-state index < -0.39 is 0 Å².